The summed E-state index contributed by atoms with van der Waals surface area (Å²) in [6.07, 6.45) is 4.17. The Morgan fingerprint density at radius 3 is 2.96 bits per heavy atom. The number of nitrogens with zero attached hydrogens (tertiary/aromatic N) is 5. The highest BCUT2D eigenvalue weighted by Crippen LogP contribution is 2.30. The molecule has 5 heterocycles. The zero-order valence-corrected chi connectivity index (χ0v) is 15.3. The van der Waals surface area contributed by atoms with Crippen LogP contribution in [0, 0.1) is 0 Å². The summed E-state index contributed by atoms with van der Waals surface area (Å²) >= 11 is 1.51. The zero-order chi connectivity index (χ0) is 18.4. The van der Waals surface area contributed by atoms with Gasteiger partial charge in [0.1, 0.15) is 16.5 Å². The van der Waals surface area contributed by atoms with Crippen LogP contribution >= 0.6 is 11.8 Å². The van der Waals surface area contributed by atoms with Gasteiger partial charge >= 0.3 is 0 Å². The molecule has 0 N–H and O–H groups in total. The predicted octanol–water partition coefficient (Wildman–Crippen LogP) is 3.34. The zero-order valence-electron chi connectivity index (χ0n) is 14.5. The van der Waals surface area contributed by atoms with Crippen molar-refractivity contribution in [3.63, 3.8) is 0 Å². The van der Waals surface area contributed by atoms with E-state index in [0.29, 0.717) is 17.1 Å². The molecule has 0 aliphatic carbocycles. The molecule has 7 nitrogen and oxygen atoms in total. The van der Waals surface area contributed by atoms with Crippen LogP contribution in [0.15, 0.2) is 63.1 Å². The van der Waals surface area contributed by atoms with E-state index in [2.05, 4.69) is 26.5 Å². The highest BCUT2D eigenvalue weighted by molar-refractivity contribution is 7.98. The quantitative estimate of drug-likeness (QED) is 0.447. The van der Waals surface area contributed by atoms with Crippen molar-refractivity contribution in [1.82, 2.24) is 24.0 Å². The molecule has 0 spiro atoms. The molecule has 0 aromatic carbocycles. The Kier molecular flexibility index (Phi) is 3.71. The molecule has 0 unspecified atom stereocenters. The molecule has 0 bridgehead atoms. The fourth-order valence-electron chi connectivity index (χ4n) is 3.21. The molecule has 0 atom stereocenters. The first-order valence-corrected chi connectivity index (χ1v) is 9.57. The van der Waals surface area contributed by atoms with Gasteiger partial charge in [-0.1, -0.05) is 24.8 Å². The number of rotatable bonds is 4. The van der Waals surface area contributed by atoms with Gasteiger partial charge in [-0.3, -0.25) is 13.6 Å². The highest BCUT2D eigenvalue weighted by atomic mass is 32.2. The second-order valence-corrected chi connectivity index (χ2v) is 7.08. The third-order valence-electron chi connectivity index (χ3n) is 4.45. The molecule has 5 aromatic rings. The largest absolute Gasteiger partial charge is 0.463 e. The van der Waals surface area contributed by atoms with Crippen LogP contribution in [0.3, 0.4) is 0 Å². The monoisotopic (exact) mass is 377 g/mol. The molecule has 0 saturated heterocycles. The van der Waals surface area contributed by atoms with Crippen molar-refractivity contribution in [3.05, 3.63) is 70.7 Å². The Morgan fingerprint density at radius 2 is 2.07 bits per heavy atom. The Hall–Kier alpha value is -3.13. The number of aromatic nitrogens is 5. The third-order valence-corrected chi connectivity index (χ3v) is 5.46. The maximum atomic E-state index is 12.3. The Balaban J connectivity index is 1.55. The number of thioether (sulfide) groups is 1. The summed E-state index contributed by atoms with van der Waals surface area (Å²) in [5, 5.41) is 9.55. The fourth-order valence-corrected chi connectivity index (χ4v) is 4.04. The van der Waals surface area contributed by atoms with Crippen molar-refractivity contribution in [3.8, 4) is 0 Å². The average Bonchev–Trinajstić information content (AvgIpc) is 3.28. The number of fused-ring (bicyclic) bond motifs is 4. The standard InChI is InChI=1S/C19H15N5O2S/c1-2-16-21-22-19(14-10-15-13(24(14)16)6-8-26-15)27-11-12-9-18(25)23-7-4-3-5-17(23)20-12/h3-10H,2,11H2,1H3. The molecule has 5 aromatic heterocycles. The lowest BCUT2D eigenvalue weighted by Gasteiger charge is -2.07. The van der Waals surface area contributed by atoms with E-state index < -0.39 is 0 Å². The van der Waals surface area contributed by atoms with E-state index in [-0.39, 0.29) is 5.56 Å². The van der Waals surface area contributed by atoms with Crippen molar-refractivity contribution in [2.45, 2.75) is 24.1 Å². The van der Waals surface area contributed by atoms with Gasteiger partial charge in [0.2, 0.25) is 0 Å². The summed E-state index contributed by atoms with van der Waals surface area (Å²) in [7, 11) is 0. The first-order chi connectivity index (χ1) is 13.2. The molecular weight excluding hydrogens is 362 g/mol. The second kappa shape index (κ2) is 6.24. The maximum Gasteiger partial charge on any atom is 0.258 e. The van der Waals surface area contributed by atoms with E-state index in [4.69, 9.17) is 4.42 Å². The number of aryl methyl sites for hydroxylation is 1. The Morgan fingerprint density at radius 1 is 1.15 bits per heavy atom. The third kappa shape index (κ3) is 2.60. The van der Waals surface area contributed by atoms with Crippen LogP contribution in [0.4, 0.5) is 0 Å². The normalized spacial score (nSPS) is 11.7. The van der Waals surface area contributed by atoms with Gasteiger partial charge < -0.3 is 4.42 Å². The molecule has 0 fully saturated rings. The van der Waals surface area contributed by atoms with Crippen LogP contribution in [0.2, 0.25) is 0 Å². The molecule has 0 saturated carbocycles. The van der Waals surface area contributed by atoms with E-state index in [1.807, 2.05) is 30.3 Å². The van der Waals surface area contributed by atoms with Crippen LogP contribution < -0.4 is 5.56 Å². The summed E-state index contributed by atoms with van der Waals surface area (Å²) in [4.78, 5) is 16.8. The Bertz CT molecular complexity index is 1350. The number of hydrogen-bond donors (Lipinski definition) is 0. The van der Waals surface area contributed by atoms with E-state index >= 15 is 0 Å². The average molecular weight is 377 g/mol. The predicted molar refractivity (Wildman–Crippen MR) is 103 cm³/mol. The Labute approximate surface area is 157 Å². The number of hydrogen-bond acceptors (Lipinski definition) is 6. The molecule has 0 amide bonds. The van der Waals surface area contributed by atoms with Crippen LogP contribution in [0.5, 0.6) is 0 Å². The fraction of sp³-hybridized carbons (Fsp3) is 0.158. The van der Waals surface area contributed by atoms with Crippen LogP contribution in [-0.2, 0) is 12.2 Å². The minimum absolute atomic E-state index is 0.0889. The van der Waals surface area contributed by atoms with Crippen LogP contribution in [-0.4, -0.2) is 24.0 Å². The van der Waals surface area contributed by atoms with Gasteiger partial charge in [0, 0.05) is 36.6 Å². The first-order valence-electron chi connectivity index (χ1n) is 8.59. The first kappa shape index (κ1) is 16.1. The summed E-state index contributed by atoms with van der Waals surface area (Å²) in [5.74, 6) is 1.41. The topological polar surface area (TPSA) is 77.7 Å². The summed E-state index contributed by atoms with van der Waals surface area (Å²) in [6.45, 7) is 2.05. The smallest absolute Gasteiger partial charge is 0.258 e. The molecule has 0 radical (unpaired) electrons. The lowest BCUT2D eigenvalue weighted by atomic mass is 10.4. The molecule has 8 heteroatoms. The molecule has 134 valence electrons. The van der Waals surface area contributed by atoms with Gasteiger partial charge in [0.25, 0.3) is 5.56 Å². The van der Waals surface area contributed by atoms with Crippen LogP contribution in [0.1, 0.15) is 18.4 Å². The number of pyridine rings is 1. The summed E-state index contributed by atoms with van der Waals surface area (Å²) in [5.41, 5.74) is 4.01. The van der Waals surface area contributed by atoms with Crippen molar-refractivity contribution >= 4 is 34.0 Å². The highest BCUT2D eigenvalue weighted by Gasteiger charge is 2.15. The minimum atomic E-state index is -0.0889. The van der Waals surface area contributed by atoms with Crippen molar-refractivity contribution in [1.29, 1.82) is 0 Å². The van der Waals surface area contributed by atoms with Crippen molar-refractivity contribution < 1.29 is 4.42 Å². The van der Waals surface area contributed by atoms with E-state index in [1.165, 1.54) is 16.2 Å². The molecule has 0 aliphatic rings. The molecule has 27 heavy (non-hydrogen) atoms. The van der Waals surface area contributed by atoms with Gasteiger partial charge in [-0.2, -0.15) is 0 Å². The van der Waals surface area contributed by atoms with Gasteiger partial charge in [0.15, 0.2) is 5.58 Å². The summed E-state index contributed by atoms with van der Waals surface area (Å²) < 4.78 is 9.15. The SMILES string of the molecule is CCc1nnc(SCc2cc(=O)n3ccccc3n2)c2cc3occc3n12. The van der Waals surface area contributed by atoms with E-state index in [1.54, 1.807) is 18.5 Å². The molecule has 0 aliphatic heterocycles. The van der Waals surface area contributed by atoms with E-state index in [9.17, 15) is 4.79 Å². The molecule has 5 rings (SSSR count). The molecular formula is C19H15N5O2S. The number of furan rings is 1. The van der Waals surface area contributed by atoms with Crippen molar-refractivity contribution in [2.24, 2.45) is 0 Å². The second-order valence-electron chi connectivity index (χ2n) is 6.11. The maximum absolute atomic E-state index is 12.3. The van der Waals surface area contributed by atoms with Gasteiger partial charge in [-0.05, 0) is 12.1 Å². The summed E-state index contributed by atoms with van der Waals surface area (Å²) in [6, 6.07) is 11.0. The van der Waals surface area contributed by atoms with Gasteiger partial charge in [-0.25, -0.2) is 4.98 Å². The van der Waals surface area contributed by atoms with Gasteiger partial charge in [-0.15, -0.1) is 10.2 Å². The minimum Gasteiger partial charge on any atom is -0.463 e. The van der Waals surface area contributed by atoms with E-state index in [0.717, 1.165) is 33.9 Å². The lowest BCUT2D eigenvalue weighted by molar-refractivity contribution is 0.616. The van der Waals surface area contributed by atoms with Crippen LogP contribution in [0.25, 0.3) is 22.3 Å². The van der Waals surface area contributed by atoms with Crippen molar-refractivity contribution in [2.75, 3.05) is 0 Å². The lowest BCUT2D eigenvalue weighted by Crippen LogP contribution is -2.14. The van der Waals surface area contributed by atoms with Gasteiger partial charge in [0.05, 0.1) is 23.0 Å².